The number of nitrogens with zero attached hydrogens (tertiary/aromatic N) is 3. The van der Waals surface area contributed by atoms with Gasteiger partial charge in [0, 0.05) is 18.0 Å². The van der Waals surface area contributed by atoms with Crippen LogP contribution in [0.1, 0.15) is 0 Å². The van der Waals surface area contributed by atoms with Gasteiger partial charge in [0.05, 0.1) is 16.4 Å². The minimum absolute atomic E-state index is 0.509. The summed E-state index contributed by atoms with van der Waals surface area (Å²) < 4.78 is 1.92. The molecule has 20 heavy (non-hydrogen) atoms. The fraction of sp³-hybridized carbons (Fsp3) is 0.0769. The number of aromatic nitrogens is 4. The predicted octanol–water partition coefficient (Wildman–Crippen LogP) is 4.29. The van der Waals surface area contributed by atoms with Crippen molar-refractivity contribution >= 4 is 35.0 Å². The molecule has 0 bridgehead atoms. The molecule has 1 aromatic carbocycles. The second kappa shape index (κ2) is 5.52. The molecular weight excluding hydrogens is 315 g/mol. The number of hydrogen-bond donors (Lipinski definition) is 1. The Kier molecular flexibility index (Phi) is 3.74. The van der Waals surface area contributed by atoms with Gasteiger partial charge in [0.1, 0.15) is 16.4 Å². The van der Waals surface area contributed by atoms with Gasteiger partial charge in [-0.15, -0.1) is 11.8 Å². The molecule has 102 valence electrons. The fourth-order valence-corrected chi connectivity index (χ4v) is 2.77. The maximum atomic E-state index is 6.09. The highest BCUT2D eigenvalue weighted by Gasteiger charge is 2.16. The molecule has 2 aromatic heterocycles. The SMILES string of the molecule is CSc1[nH]nc(-c2ccc(Cl)c(Cl)c2)c1-n1ccnc1. The number of benzene rings is 1. The second-order valence-electron chi connectivity index (χ2n) is 4.05. The Bertz CT molecular complexity index is 737. The molecule has 0 aliphatic rings. The molecule has 0 unspecified atom stereocenters. The number of halogens is 2. The van der Waals surface area contributed by atoms with Gasteiger partial charge in [-0.1, -0.05) is 29.3 Å². The summed E-state index contributed by atoms with van der Waals surface area (Å²) in [5, 5.41) is 9.42. The van der Waals surface area contributed by atoms with Crippen molar-refractivity contribution in [3.05, 3.63) is 47.0 Å². The van der Waals surface area contributed by atoms with Crippen LogP contribution in [0.4, 0.5) is 0 Å². The van der Waals surface area contributed by atoms with E-state index in [1.165, 1.54) is 0 Å². The molecule has 1 N–H and O–H groups in total. The standard InChI is InChI=1S/C13H10Cl2N4S/c1-20-13-12(19-5-4-16-7-19)11(17-18-13)8-2-3-9(14)10(15)6-8/h2-7H,1H3,(H,17,18). The quantitative estimate of drug-likeness (QED) is 0.731. The van der Waals surface area contributed by atoms with E-state index in [1.54, 1.807) is 30.4 Å². The maximum absolute atomic E-state index is 6.09. The molecule has 0 aliphatic heterocycles. The van der Waals surface area contributed by atoms with Crippen LogP contribution in [0.2, 0.25) is 10.0 Å². The lowest BCUT2D eigenvalue weighted by Gasteiger charge is -2.06. The van der Waals surface area contributed by atoms with Crippen molar-refractivity contribution < 1.29 is 0 Å². The molecule has 0 atom stereocenters. The summed E-state index contributed by atoms with van der Waals surface area (Å²) in [6.45, 7) is 0. The van der Waals surface area contributed by atoms with Gasteiger partial charge in [-0.05, 0) is 18.4 Å². The van der Waals surface area contributed by atoms with E-state index < -0.39 is 0 Å². The van der Waals surface area contributed by atoms with Crippen LogP contribution in [-0.4, -0.2) is 26.0 Å². The molecule has 0 saturated heterocycles. The zero-order valence-electron chi connectivity index (χ0n) is 10.5. The summed E-state index contributed by atoms with van der Waals surface area (Å²) in [4.78, 5) is 4.08. The molecule has 0 aliphatic carbocycles. The van der Waals surface area contributed by atoms with Crippen molar-refractivity contribution in [2.75, 3.05) is 6.26 Å². The molecular formula is C13H10Cl2N4S. The third-order valence-electron chi connectivity index (χ3n) is 2.87. The Balaban J connectivity index is 2.19. The zero-order chi connectivity index (χ0) is 14.1. The highest BCUT2D eigenvalue weighted by molar-refractivity contribution is 7.98. The average Bonchev–Trinajstić information content (AvgIpc) is 3.09. The lowest BCUT2D eigenvalue weighted by Crippen LogP contribution is -1.93. The summed E-state index contributed by atoms with van der Waals surface area (Å²) in [5.41, 5.74) is 2.67. The van der Waals surface area contributed by atoms with Gasteiger partial charge in [0.15, 0.2) is 0 Å². The Hall–Kier alpha value is -1.43. The smallest absolute Gasteiger partial charge is 0.117 e. The molecule has 0 fully saturated rings. The summed E-state index contributed by atoms with van der Waals surface area (Å²) >= 11 is 13.6. The van der Waals surface area contributed by atoms with Gasteiger partial charge in [-0.25, -0.2) is 4.98 Å². The monoisotopic (exact) mass is 324 g/mol. The van der Waals surface area contributed by atoms with Crippen LogP contribution in [0.3, 0.4) is 0 Å². The largest absolute Gasteiger partial charge is 0.302 e. The van der Waals surface area contributed by atoms with Gasteiger partial charge >= 0.3 is 0 Å². The van der Waals surface area contributed by atoms with Crippen molar-refractivity contribution in [1.29, 1.82) is 0 Å². The van der Waals surface area contributed by atoms with Crippen LogP contribution in [0, 0.1) is 0 Å². The van der Waals surface area contributed by atoms with E-state index in [9.17, 15) is 0 Å². The highest BCUT2D eigenvalue weighted by Crippen LogP contribution is 2.34. The van der Waals surface area contributed by atoms with E-state index in [1.807, 2.05) is 29.2 Å². The van der Waals surface area contributed by atoms with E-state index >= 15 is 0 Å². The van der Waals surface area contributed by atoms with E-state index in [4.69, 9.17) is 23.2 Å². The Morgan fingerprint density at radius 1 is 1.25 bits per heavy atom. The van der Waals surface area contributed by atoms with Crippen LogP contribution in [0.25, 0.3) is 16.9 Å². The topological polar surface area (TPSA) is 46.5 Å². The molecule has 3 aromatic rings. The Morgan fingerprint density at radius 3 is 2.75 bits per heavy atom. The molecule has 0 saturated carbocycles. The summed E-state index contributed by atoms with van der Waals surface area (Å²) in [6.07, 6.45) is 7.35. The number of hydrogen-bond acceptors (Lipinski definition) is 3. The Morgan fingerprint density at radius 2 is 2.10 bits per heavy atom. The molecule has 0 radical (unpaired) electrons. The first kappa shape index (κ1) is 13.5. The maximum Gasteiger partial charge on any atom is 0.117 e. The normalized spacial score (nSPS) is 10.9. The number of rotatable bonds is 3. The number of H-pyrrole nitrogens is 1. The zero-order valence-corrected chi connectivity index (χ0v) is 12.8. The van der Waals surface area contributed by atoms with Crippen LogP contribution in [-0.2, 0) is 0 Å². The minimum Gasteiger partial charge on any atom is -0.302 e. The number of imidazole rings is 1. The fourth-order valence-electron chi connectivity index (χ4n) is 1.94. The minimum atomic E-state index is 0.509. The highest BCUT2D eigenvalue weighted by atomic mass is 35.5. The van der Waals surface area contributed by atoms with Crippen LogP contribution < -0.4 is 0 Å². The summed E-state index contributed by atoms with van der Waals surface area (Å²) in [6, 6.07) is 5.48. The first-order chi connectivity index (χ1) is 9.70. The van der Waals surface area contributed by atoms with Gasteiger partial charge in [0.25, 0.3) is 0 Å². The number of aromatic amines is 1. The summed E-state index contributed by atoms with van der Waals surface area (Å²) in [5.74, 6) is 0. The molecule has 3 rings (SSSR count). The van der Waals surface area contributed by atoms with E-state index in [0.717, 1.165) is 22.0 Å². The van der Waals surface area contributed by atoms with Crippen molar-refractivity contribution in [1.82, 2.24) is 19.7 Å². The second-order valence-corrected chi connectivity index (χ2v) is 5.68. The molecule has 4 nitrogen and oxygen atoms in total. The predicted molar refractivity (Wildman–Crippen MR) is 82.9 cm³/mol. The lowest BCUT2D eigenvalue weighted by molar-refractivity contribution is 0.975. The molecule has 0 spiro atoms. The first-order valence-electron chi connectivity index (χ1n) is 5.77. The molecule has 7 heteroatoms. The van der Waals surface area contributed by atoms with Gasteiger partial charge < -0.3 is 4.57 Å². The number of nitrogens with one attached hydrogen (secondary N) is 1. The number of thioether (sulfide) groups is 1. The van der Waals surface area contributed by atoms with Crippen molar-refractivity contribution in [3.63, 3.8) is 0 Å². The Labute approximate surface area is 130 Å². The molecule has 2 heterocycles. The van der Waals surface area contributed by atoms with Crippen LogP contribution in [0.15, 0.2) is 41.9 Å². The molecule has 0 amide bonds. The third-order valence-corrected chi connectivity index (χ3v) is 4.30. The van der Waals surface area contributed by atoms with E-state index in [2.05, 4.69) is 15.2 Å². The average molecular weight is 325 g/mol. The van der Waals surface area contributed by atoms with Gasteiger partial charge in [-0.2, -0.15) is 5.10 Å². The van der Waals surface area contributed by atoms with Crippen LogP contribution in [0.5, 0.6) is 0 Å². The van der Waals surface area contributed by atoms with Gasteiger partial charge in [0.2, 0.25) is 0 Å². The first-order valence-corrected chi connectivity index (χ1v) is 7.75. The van der Waals surface area contributed by atoms with E-state index in [-0.39, 0.29) is 0 Å². The van der Waals surface area contributed by atoms with Gasteiger partial charge in [-0.3, -0.25) is 5.10 Å². The van der Waals surface area contributed by atoms with Crippen molar-refractivity contribution in [2.24, 2.45) is 0 Å². The van der Waals surface area contributed by atoms with Crippen molar-refractivity contribution in [3.8, 4) is 16.9 Å². The summed E-state index contributed by atoms with van der Waals surface area (Å²) in [7, 11) is 0. The van der Waals surface area contributed by atoms with Crippen molar-refractivity contribution in [2.45, 2.75) is 5.03 Å². The van der Waals surface area contributed by atoms with E-state index in [0.29, 0.717) is 10.0 Å². The third kappa shape index (κ3) is 2.32. The lowest BCUT2D eigenvalue weighted by atomic mass is 10.1. The van der Waals surface area contributed by atoms with Crippen LogP contribution >= 0.6 is 35.0 Å².